The van der Waals surface area contributed by atoms with Crippen molar-refractivity contribution in [3.05, 3.63) is 0 Å². The first-order valence-electron chi connectivity index (χ1n) is 8.49. The molecule has 0 amide bonds. The molecule has 0 aromatic rings. The van der Waals surface area contributed by atoms with Crippen LogP contribution in [0.15, 0.2) is 20.2 Å². The molecule has 0 aromatic heterocycles. The van der Waals surface area contributed by atoms with Gasteiger partial charge < -0.3 is 20.0 Å². The van der Waals surface area contributed by atoms with Crippen LogP contribution in [-0.4, -0.2) is 95.2 Å². The van der Waals surface area contributed by atoms with Gasteiger partial charge in [-0.1, -0.05) is 0 Å². The van der Waals surface area contributed by atoms with E-state index in [1.165, 1.54) is 0 Å². The summed E-state index contributed by atoms with van der Waals surface area (Å²) < 4.78 is 0. The Balaban J connectivity index is 1.96. The van der Waals surface area contributed by atoms with E-state index >= 15 is 0 Å². The summed E-state index contributed by atoms with van der Waals surface area (Å²) in [6.45, 7) is 11.1. The van der Waals surface area contributed by atoms with Crippen molar-refractivity contribution < 1.29 is 10.2 Å². The van der Waals surface area contributed by atoms with E-state index in [1.807, 2.05) is 37.5 Å². The summed E-state index contributed by atoms with van der Waals surface area (Å²) in [6.07, 6.45) is 3.58. The molecule has 2 atom stereocenters. The third-order valence-corrected chi connectivity index (χ3v) is 4.61. The van der Waals surface area contributed by atoms with Crippen molar-refractivity contribution in [3.63, 3.8) is 0 Å². The SMILES string of the molecule is CC(C)(N=NC(C)(C)C1CN(CCO)C=N1)C1CN(CCO)C=N1. The van der Waals surface area contributed by atoms with Gasteiger partial charge in [-0.15, -0.1) is 0 Å². The summed E-state index contributed by atoms with van der Waals surface area (Å²) in [5, 5.41) is 27.3. The molecule has 0 spiro atoms. The van der Waals surface area contributed by atoms with Crippen LogP contribution in [-0.2, 0) is 0 Å². The van der Waals surface area contributed by atoms with Crippen LogP contribution in [0.1, 0.15) is 27.7 Å². The number of β-amino-alcohol motifs (C(OH)–C–C–N with tert-alkyl or cyclic N) is 2. The molecule has 0 saturated carbocycles. The molecule has 2 N–H and O–H groups in total. The van der Waals surface area contributed by atoms with Crippen LogP contribution in [0, 0.1) is 0 Å². The van der Waals surface area contributed by atoms with Crippen LogP contribution in [0.3, 0.4) is 0 Å². The lowest BCUT2D eigenvalue weighted by atomic mass is 9.95. The molecule has 0 radical (unpaired) electrons. The molecule has 0 aliphatic carbocycles. The van der Waals surface area contributed by atoms with E-state index in [-0.39, 0.29) is 25.3 Å². The van der Waals surface area contributed by atoms with Gasteiger partial charge in [0.05, 0.1) is 49.1 Å². The first-order valence-corrected chi connectivity index (χ1v) is 8.49. The van der Waals surface area contributed by atoms with Gasteiger partial charge in [0, 0.05) is 26.2 Å². The lowest BCUT2D eigenvalue weighted by Crippen LogP contribution is -2.41. The van der Waals surface area contributed by atoms with Gasteiger partial charge >= 0.3 is 0 Å². The Hall–Kier alpha value is -1.54. The van der Waals surface area contributed by atoms with Crippen molar-refractivity contribution in [1.29, 1.82) is 0 Å². The van der Waals surface area contributed by atoms with Crippen molar-refractivity contribution in [1.82, 2.24) is 9.80 Å². The summed E-state index contributed by atoms with van der Waals surface area (Å²) >= 11 is 0. The molecule has 2 unspecified atom stereocenters. The quantitative estimate of drug-likeness (QED) is 0.626. The van der Waals surface area contributed by atoms with Crippen LogP contribution in [0.2, 0.25) is 0 Å². The lowest BCUT2D eigenvalue weighted by Gasteiger charge is -2.29. The summed E-state index contributed by atoms with van der Waals surface area (Å²) in [4.78, 5) is 13.0. The van der Waals surface area contributed by atoms with Gasteiger partial charge in [-0.05, 0) is 27.7 Å². The molecule has 8 nitrogen and oxygen atoms in total. The van der Waals surface area contributed by atoms with Crippen molar-refractivity contribution >= 4 is 12.7 Å². The van der Waals surface area contributed by atoms with Crippen molar-refractivity contribution in [2.45, 2.75) is 50.9 Å². The highest BCUT2D eigenvalue weighted by atomic mass is 16.3. The van der Waals surface area contributed by atoms with E-state index < -0.39 is 11.1 Å². The lowest BCUT2D eigenvalue weighted by molar-refractivity contribution is 0.239. The minimum atomic E-state index is -0.412. The van der Waals surface area contributed by atoms with E-state index in [9.17, 15) is 0 Å². The highest BCUT2D eigenvalue weighted by Crippen LogP contribution is 2.27. The van der Waals surface area contributed by atoms with E-state index in [1.54, 1.807) is 12.7 Å². The number of azo groups is 1. The summed E-state index contributed by atoms with van der Waals surface area (Å²) in [5.74, 6) is 0. The molecule has 2 aliphatic heterocycles. The molecular formula is C16H30N6O2. The molecule has 136 valence electrons. The van der Waals surface area contributed by atoms with Gasteiger partial charge in [-0.2, -0.15) is 10.2 Å². The van der Waals surface area contributed by atoms with E-state index in [2.05, 4.69) is 20.2 Å². The monoisotopic (exact) mass is 338 g/mol. The second kappa shape index (κ2) is 7.57. The Kier molecular flexibility index (Phi) is 5.92. The average molecular weight is 338 g/mol. The molecule has 0 fully saturated rings. The minimum Gasteiger partial charge on any atom is -0.395 e. The Morgan fingerprint density at radius 1 is 0.875 bits per heavy atom. The predicted octanol–water partition coefficient (Wildman–Crippen LogP) is 0.405. The molecule has 8 heteroatoms. The van der Waals surface area contributed by atoms with Gasteiger partial charge in [0.25, 0.3) is 0 Å². The molecule has 0 aromatic carbocycles. The van der Waals surface area contributed by atoms with Gasteiger partial charge in [0.15, 0.2) is 0 Å². The number of aliphatic hydroxyl groups is 2. The molecule has 2 heterocycles. The zero-order valence-corrected chi connectivity index (χ0v) is 15.1. The smallest absolute Gasteiger partial charge is 0.1000 e. The number of nitrogens with zero attached hydrogens (tertiary/aromatic N) is 6. The Morgan fingerprint density at radius 3 is 1.58 bits per heavy atom. The zero-order chi connectivity index (χ0) is 17.8. The van der Waals surface area contributed by atoms with Gasteiger partial charge in [0.1, 0.15) is 0 Å². The molecular weight excluding hydrogens is 308 g/mol. The van der Waals surface area contributed by atoms with Gasteiger partial charge in [-0.3, -0.25) is 9.98 Å². The van der Waals surface area contributed by atoms with Crippen molar-refractivity contribution in [2.24, 2.45) is 20.2 Å². The number of rotatable bonds is 8. The largest absolute Gasteiger partial charge is 0.395 e. The number of hydrogen-bond donors (Lipinski definition) is 2. The maximum absolute atomic E-state index is 9.03. The summed E-state index contributed by atoms with van der Waals surface area (Å²) in [7, 11) is 0. The zero-order valence-electron chi connectivity index (χ0n) is 15.1. The van der Waals surface area contributed by atoms with Crippen LogP contribution in [0.4, 0.5) is 0 Å². The van der Waals surface area contributed by atoms with Crippen molar-refractivity contribution in [3.8, 4) is 0 Å². The van der Waals surface area contributed by atoms with Crippen molar-refractivity contribution in [2.75, 3.05) is 39.4 Å². The third kappa shape index (κ3) is 4.51. The van der Waals surface area contributed by atoms with Gasteiger partial charge in [0.2, 0.25) is 0 Å². The fraction of sp³-hybridized carbons (Fsp3) is 0.875. The Bertz CT molecular complexity index is 459. The predicted molar refractivity (Wildman–Crippen MR) is 94.9 cm³/mol. The van der Waals surface area contributed by atoms with Crippen LogP contribution in [0.25, 0.3) is 0 Å². The Morgan fingerprint density at radius 2 is 1.25 bits per heavy atom. The molecule has 2 aliphatic rings. The van der Waals surface area contributed by atoms with E-state index in [4.69, 9.17) is 10.2 Å². The minimum absolute atomic E-state index is 0.0292. The van der Waals surface area contributed by atoms with E-state index in [0.717, 1.165) is 13.1 Å². The normalized spacial score (nSPS) is 24.8. The molecule has 24 heavy (non-hydrogen) atoms. The topological polar surface area (TPSA) is 96.4 Å². The maximum atomic E-state index is 9.03. The number of hydrogen-bond acceptors (Lipinski definition) is 8. The third-order valence-electron chi connectivity index (χ3n) is 4.61. The maximum Gasteiger partial charge on any atom is 0.1000 e. The number of aliphatic imine (C=N–C) groups is 2. The van der Waals surface area contributed by atoms with Gasteiger partial charge in [-0.25, -0.2) is 0 Å². The fourth-order valence-corrected chi connectivity index (χ4v) is 2.74. The highest BCUT2D eigenvalue weighted by Gasteiger charge is 2.37. The number of aliphatic hydroxyl groups excluding tert-OH is 2. The standard InChI is InChI=1S/C16H30N6O2/c1-15(2,13-9-21(5-7-23)11-17-13)19-20-16(3,4)14-10-22(6-8-24)12-18-14/h11-14,23-24H,5-10H2,1-4H3. The molecule has 2 rings (SSSR count). The first-order chi connectivity index (χ1) is 11.3. The van der Waals surface area contributed by atoms with Crippen LogP contribution >= 0.6 is 0 Å². The molecule has 0 saturated heterocycles. The molecule has 0 bridgehead atoms. The van der Waals surface area contributed by atoms with Crippen LogP contribution < -0.4 is 0 Å². The second-order valence-corrected chi connectivity index (χ2v) is 7.51. The Labute approximate surface area is 144 Å². The van der Waals surface area contributed by atoms with E-state index in [0.29, 0.717) is 13.1 Å². The second-order valence-electron chi connectivity index (χ2n) is 7.51. The summed E-state index contributed by atoms with van der Waals surface area (Å²) in [6, 6.07) is 0.0585. The average Bonchev–Trinajstić information content (AvgIpc) is 3.16. The van der Waals surface area contributed by atoms with Crippen LogP contribution in [0.5, 0.6) is 0 Å². The first kappa shape index (κ1) is 18.8. The summed E-state index contributed by atoms with van der Waals surface area (Å²) in [5.41, 5.74) is -0.823. The highest BCUT2D eigenvalue weighted by molar-refractivity contribution is 5.58. The fourth-order valence-electron chi connectivity index (χ4n) is 2.74.